The molecule has 1 unspecified atom stereocenters. The van der Waals surface area contributed by atoms with E-state index in [0.29, 0.717) is 5.69 Å². The number of benzene rings is 1. The van der Waals surface area contributed by atoms with Gasteiger partial charge in [-0.1, -0.05) is 24.3 Å². The Bertz CT molecular complexity index is 716. The summed E-state index contributed by atoms with van der Waals surface area (Å²) in [5, 5.41) is 11.4. The molecule has 94 valence electrons. The maximum atomic E-state index is 10.4. The molecule has 3 aromatic rings. The Morgan fingerprint density at radius 1 is 1.11 bits per heavy atom. The van der Waals surface area contributed by atoms with Crippen LogP contribution in [0.25, 0.3) is 10.9 Å². The van der Waals surface area contributed by atoms with Crippen LogP contribution in [0.1, 0.15) is 17.4 Å². The smallest absolute Gasteiger partial charge is 0.124 e. The summed E-state index contributed by atoms with van der Waals surface area (Å²) in [4.78, 5) is 8.55. The molecule has 0 bridgehead atoms. The van der Waals surface area contributed by atoms with Crippen molar-refractivity contribution in [2.24, 2.45) is 0 Å². The minimum absolute atomic E-state index is 0.603. The number of aromatic nitrogens is 2. The van der Waals surface area contributed by atoms with Crippen molar-refractivity contribution in [3.05, 3.63) is 70.6 Å². The molecule has 0 fully saturated rings. The summed E-state index contributed by atoms with van der Waals surface area (Å²) in [6.45, 7) is 0. The van der Waals surface area contributed by atoms with Crippen LogP contribution in [0.15, 0.2) is 59.3 Å². The fourth-order valence-corrected chi connectivity index (χ4v) is 2.54. The molecule has 0 saturated carbocycles. The average Bonchev–Trinajstić information content (AvgIpc) is 2.47. The van der Waals surface area contributed by atoms with Crippen molar-refractivity contribution in [1.29, 1.82) is 0 Å². The van der Waals surface area contributed by atoms with Crippen molar-refractivity contribution in [3.8, 4) is 0 Å². The van der Waals surface area contributed by atoms with Gasteiger partial charge in [0, 0.05) is 27.8 Å². The van der Waals surface area contributed by atoms with Crippen LogP contribution >= 0.6 is 15.9 Å². The van der Waals surface area contributed by atoms with E-state index in [1.807, 2.05) is 36.4 Å². The number of para-hydroxylation sites is 1. The third-order valence-corrected chi connectivity index (χ3v) is 3.60. The summed E-state index contributed by atoms with van der Waals surface area (Å²) in [7, 11) is 0. The highest BCUT2D eigenvalue weighted by Crippen LogP contribution is 2.29. The number of hydrogen-bond donors (Lipinski definition) is 1. The van der Waals surface area contributed by atoms with E-state index < -0.39 is 6.10 Å². The Labute approximate surface area is 119 Å². The van der Waals surface area contributed by atoms with Gasteiger partial charge in [0.15, 0.2) is 0 Å². The van der Waals surface area contributed by atoms with E-state index in [-0.39, 0.29) is 0 Å². The van der Waals surface area contributed by atoms with Crippen molar-refractivity contribution in [3.63, 3.8) is 0 Å². The van der Waals surface area contributed by atoms with E-state index in [1.54, 1.807) is 18.5 Å². The number of aliphatic hydroxyl groups is 1. The fraction of sp³-hybridized carbons (Fsp3) is 0.0667. The lowest BCUT2D eigenvalue weighted by Crippen LogP contribution is -2.04. The molecule has 4 heteroatoms. The highest BCUT2D eigenvalue weighted by Gasteiger charge is 2.16. The molecule has 0 amide bonds. The third kappa shape index (κ3) is 2.37. The standard InChI is InChI=1S/C15H11BrN2O/c16-12-8-10-4-1-2-6-13(10)18-14(12)15(19)11-5-3-7-17-9-11/h1-9,15,19H. The van der Waals surface area contributed by atoms with Crippen molar-refractivity contribution in [2.75, 3.05) is 0 Å². The van der Waals surface area contributed by atoms with E-state index in [1.165, 1.54) is 0 Å². The summed E-state index contributed by atoms with van der Waals surface area (Å²) in [6.07, 6.45) is 2.54. The van der Waals surface area contributed by atoms with Gasteiger partial charge in [-0.25, -0.2) is 4.98 Å². The van der Waals surface area contributed by atoms with Crippen molar-refractivity contribution in [1.82, 2.24) is 9.97 Å². The van der Waals surface area contributed by atoms with Gasteiger partial charge in [0.2, 0.25) is 0 Å². The SMILES string of the molecule is OC(c1cccnc1)c1nc2ccccc2cc1Br. The molecule has 1 atom stereocenters. The van der Waals surface area contributed by atoms with Crippen LogP contribution in [0.2, 0.25) is 0 Å². The zero-order valence-electron chi connectivity index (χ0n) is 9.99. The van der Waals surface area contributed by atoms with E-state index >= 15 is 0 Å². The highest BCUT2D eigenvalue weighted by atomic mass is 79.9. The molecular formula is C15H11BrN2O. The Morgan fingerprint density at radius 2 is 1.95 bits per heavy atom. The molecule has 2 heterocycles. The van der Waals surface area contributed by atoms with Crippen LogP contribution in [0.3, 0.4) is 0 Å². The molecule has 19 heavy (non-hydrogen) atoms. The highest BCUT2D eigenvalue weighted by molar-refractivity contribution is 9.10. The minimum Gasteiger partial charge on any atom is -0.382 e. The number of pyridine rings is 2. The Morgan fingerprint density at radius 3 is 2.74 bits per heavy atom. The average molecular weight is 315 g/mol. The molecule has 1 aromatic carbocycles. The third-order valence-electron chi connectivity index (χ3n) is 2.96. The molecule has 3 rings (SSSR count). The van der Waals surface area contributed by atoms with Crippen LogP contribution < -0.4 is 0 Å². The van der Waals surface area contributed by atoms with Crippen LogP contribution in [0.5, 0.6) is 0 Å². The van der Waals surface area contributed by atoms with Crippen LogP contribution in [-0.2, 0) is 0 Å². The first-order valence-electron chi connectivity index (χ1n) is 5.89. The number of halogens is 1. The second kappa shape index (κ2) is 5.07. The molecule has 0 aliphatic rings. The Hall–Kier alpha value is -1.78. The minimum atomic E-state index is -0.785. The number of aliphatic hydroxyl groups excluding tert-OH is 1. The molecule has 0 spiro atoms. The van der Waals surface area contributed by atoms with Crippen LogP contribution in [-0.4, -0.2) is 15.1 Å². The predicted molar refractivity (Wildman–Crippen MR) is 77.7 cm³/mol. The van der Waals surface area contributed by atoms with E-state index in [4.69, 9.17) is 0 Å². The van der Waals surface area contributed by atoms with Crippen LogP contribution in [0, 0.1) is 0 Å². The number of rotatable bonds is 2. The molecule has 1 N–H and O–H groups in total. The zero-order chi connectivity index (χ0) is 13.2. The monoisotopic (exact) mass is 314 g/mol. The molecule has 2 aromatic heterocycles. The van der Waals surface area contributed by atoms with Crippen molar-refractivity contribution >= 4 is 26.8 Å². The lowest BCUT2D eigenvalue weighted by Gasteiger charge is -2.13. The first-order valence-corrected chi connectivity index (χ1v) is 6.68. The van der Waals surface area contributed by atoms with Crippen molar-refractivity contribution in [2.45, 2.75) is 6.10 Å². The second-order valence-corrected chi connectivity index (χ2v) is 5.09. The first-order chi connectivity index (χ1) is 9.25. The topological polar surface area (TPSA) is 46.0 Å². The predicted octanol–water partition coefficient (Wildman–Crippen LogP) is 3.47. The number of nitrogens with zero attached hydrogens (tertiary/aromatic N) is 2. The summed E-state index contributed by atoms with van der Waals surface area (Å²) < 4.78 is 0.794. The zero-order valence-corrected chi connectivity index (χ0v) is 11.6. The Kier molecular flexibility index (Phi) is 3.27. The lowest BCUT2D eigenvalue weighted by atomic mass is 10.1. The molecule has 3 nitrogen and oxygen atoms in total. The van der Waals surface area contributed by atoms with Gasteiger partial charge in [-0.2, -0.15) is 0 Å². The molecule has 0 aliphatic carbocycles. The van der Waals surface area contributed by atoms with Gasteiger partial charge in [0.05, 0.1) is 11.2 Å². The molecule has 0 saturated heterocycles. The van der Waals surface area contributed by atoms with Gasteiger partial charge < -0.3 is 5.11 Å². The fourth-order valence-electron chi connectivity index (χ4n) is 1.99. The number of fused-ring (bicyclic) bond motifs is 1. The first kappa shape index (κ1) is 12.3. The van der Waals surface area contributed by atoms with Gasteiger partial charge in [0.25, 0.3) is 0 Å². The van der Waals surface area contributed by atoms with E-state index in [0.717, 1.165) is 20.9 Å². The summed E-state index contributed by atoms with van der Waals surface area (Å²) in [6, 6.07) is 13.4. The summed E-state index contributed by atoms with van der Waals surface area (Å²) >= 11 is 3.47. The Balaban J connectivity index is 2.12. The van der Waals surface area contributed by atoms with E-state index in [9.17, 15) is 5.11 Å². The van der Waals surface area contributed by atoms with Gasteiger partial charge in [-0.05, 0) is 34.1 Å². The quantitative estimate of drug-likeness (QED) is 0.787. The van der Waals surface area contributed by atoms with E-state index in [2.05, 4.69) is 25.9 Å². The number of hydrogen-bond acceptors (Lipinski definition) is 3. The second-order valence-electron chi connectivity index (χ2n) is 4.24. The normalized spacial score (nSPS) is 12.5. The van der Waals surface area contributed by atoms with Crippen LogP contribution in [0.4, 0.5) is 0 Å². The maximum Gasteiger partial charge on any atom is 0.124 e. The molecule has 0 aliphatic heterocycles. The van der Waals surface area contributed by atoms with Gasteiger partial charge in [0.1, 0.15) is 6.10 Å². The van der Waals surface area contributed by atoms with Gasteiger partial charge in [-0.15, -0.1) is 0 Å². The summed E-state index contributed by atoms with van der Waals surface area (Å²) in [5.41, 5.74) is 2.20. The molecular weight excluding hydrogens is 304 g/mol. The molecule has 0 radical (unpaired) electrons. The largest absolute Gasteiger partial charge is 0.382 e. The van der Waals surface area contributed by atoms with Crippen molar-refractivity contribution < 1.29 is 5.11 Å². The van der Waals surface area contributed by atoms with Gasteiger partial charge in [-0.3, -0.25) is 4.98 Å². The lowest BCUT2D eigenvalue weighted by molar-refractivity contribution is 0.214. The summed E-state index contributed by atoms with van der Waals surface area (Å²) in [5.74, 6) is 0. The maximum absolute atomic E-state index is 10.4. The van der Waals surface area contributed by atoms with Gasteiger partial charge >= 0.3 is 0 Å².